The molecule has 2 aromatic carbocycles. The SMILES string of the molecule is COc1c2c(cc3occ(-c4ccc(O[C@H]5O[C@@H](CO[C@H]6O[C@@H](CO)[C@@H](O)[C@@H](O)[C@H]6O)[C@@H](O)[C@@H](O)[C@@H]5O)cc4)c(=O)c13)OCO2. The Morgan fingerprint density at radius 3 is 2.20 bits per heavy atom. The fourth-order valence-electron chi connectivity index (χ4n) is 5.40. The highest BCUT2D eigenvalue weighted by molar-refractivity contribution is 5.91. The molecule has 16 nitrogen and oxygen atoms in total. The van der Waals surface area contributed by atoms with Crippen LogP contribution < -0.4 is 24.4 Å². The van der Waals surface area contributed by atoms with Gasteiger partial charge in [-0.3, -0.25) is 4.79 Å². The third kappa shape index (κ3) is 5.70. The highest BCUT2D eigenvalue weighted by atomic mass is 16.7. The van der Waals surface area contributed by atoms with Crippen LogP contribution >= 0.6 is 0 Å². The van der Waals surface area contributed by atoms with E-state index in [1.54, 1.807) is 18.2 Å². The number of aliphatic hydroxyl groups excluding tert-OH is 7. The molecule has 0 radical (unpaired) electrons. The minimum absolute atomic E-state index is 0.0219. The molecule has 3 aromatic rings. The van der Waals surface area contributed by atoms with Crippen LogP contribution in [-0.2, 0) is 14.2 Å². The van der Waals surface area contributed by atoms with Crippen LogP contribution in [0.25, 0.3) is 22.1 Å². The fourth-order valence-corrected chi connectivity index (χ4v) is 5.40. The molecule has 7 N–H and O–H groups in total. The highest BCUT2D eigenvalue weighted by Gasteiger charge is 2.48. The number of ether oxygens (including phenoxy) is 7. The fraction of sp³-hybridized carbons (Fsp3) is 0.483. The lowest BCUT2D eigenvalue weighted by Crippen LogP contribution is -2.62. The first-order valence-electron chi connectivity index (χ1n) is 13.9. The molecule has 0 amide bonds. The predicted octanol–water partition coefficient (Wildman–Crippen LogP) is -1.80. The summed E-state index contributed by atoms with van der Waals surface area (Å²) in [5, 5.41) is 71.1. The van der Waals surface area contributed by atoms with Crippen LogP contribution in [0.4, 0.5) is 0 Å². The molecule has 4 heterocycles. The van der Waals surface area contributed by atoms with E-state index >= 15 is 0 Å². The molecule has 2 saturated heterocycles. The molecule has 2 fully saturated rings. The highest BCUT2D eigenvalue weighted by Crippen LogP contribution is 2.45. The Morgan fingerprint density at radius 2 is 1.51 bits per heavy atom. The zero-order valence-electron chi connectivity index (χ0n) is 23.7. The van der Waals surface area contributed by atoms with Crippen molar-refractivity contribution in [2.24, 2.45) is 0 Å². The van der Waals surface area contributed by atoms with E-state index in [9.17, 15) is 40.5 Å². The van der Waals surface area contributed by atoms with Gasteiger partial charge >= 0.3 is 0 Å². The maximum Gasteiger partial charge on any atom is 0.231 e. The van der Waals surface area contributed by atoms with Gasteiger partial charge in [0.25, 0.3) is 0 Å². The summed E-state index contributed by atoms with van der Waals surface area (Å²) < 4.78 is 44.1. The second-order valence-corrected chi connectivity index (χ2v) is 10.7. The lowest BCUT2D eigenvalue weighted by atomic mass is 9.98. The van der Waals surface area contributed by atoms with Gasteiger partial charge in [-0.1, -0.05) is 12.1 Å². The number of hydrogen-bond donors (Lipinski definition) is 7. The summed E-state index contributed by atoms with van der Waals surface area (Å²) in [6.45, 7) is -1.20. The molecule has 1 aromatic heterocycles. The summed E-state index contributed by atoms with van der Waals surface area (Å²) in [6.07, 6.45) is -14.2. The summed E-state index contributed by atoms with van der Waals surface area (Å²) >= 11 is 0. The Bertz CT molecular complexity index is 1560. The minimum atomic E-state index is -1.72. The number of methoxy groups -OCH3 is 1. The van der Waals surface area contributed by atoms with Crippen molar-refractivity contribution in [1.29, 1.82) is 0 Å². The number of fused-ring (bicyclic) bond motifs is 2. The summed E-state index contributed by atoms with van der Waals surface area (Å²) in [4.78, 5) is 13.5. The van der Waals surface area contributed by atoms with Crippen LogP contribution in [0, 0.1) is 0 Å². The first-order valence-corrected chi connectivity index (χ1v) is 13.9. The Kier molecular flexibility index (Phi) is 8.86. The van der Waals surface area contributed by atoms with Gasteiger partial charge in [0, 0.05) is 6.07 Å². The second kappa shape index (κ2) is 12.7. The van der Waals surface area contributed by atoms with Gasteiger partial charge in [0.05, 0.1) is 25.9 Å². The zero-order valence-corrected chi connectivity index (χ0v) is 23.7. The van der Waals surface area contributed by atoms with Gasteiger partial charge in [0.1, 0.15) is 71.8 Å². The van der Waals surface area contributed by atoms with Crippen LogP contribution in [-0.4, -0.2) is 124 Å². The number of aliphatic hydroxyl groups is 7. The number of rotatable bonds is 8. The molecule has 10 atom stereocenters. The van der Waals surface area contributed by atoms with Crippen molar-refractivity contribution in [1.82, 2.24) is 0 Å². The van der Waals surface area contributed by atoms with Crippen LogP contribution in [0.3, 0.4) is 0 Å². The van der Waals surface area contributed by atoms with Gasteiger partial charge in [-0.2, -0.15) is 0 Å². The standard InChI is InChI=1S/C29H32O16/c1-38-27-18-14(6-15-26(27)42-10-41-15)39-8-13(19(18)31)11-2-4-12(5-3-11)43-29-25(37)23(35)21(33)17(45-29)9-40-28-24(36)22(34)20(32)16(7-30)44-28/h2-6,8,16-17,20-25,28-30,32-37H,7,9-10H2,1H3/t16-,17-,20+,21+,22+,23+,24+,25-,28-,29-/m0/s1. The van der Waals surface area contributed by atoms with E-state index in [1.165, 1.54) is 25.5 Å². The smallest absolute Gasteiger partial charge is 0.231 e. The maximum atomic E-state index is 13.5. The molecule has 45 heavy (non-hydrogen) atoms. The molecule has 0 bridgehead atoms. The molecule has 6 rings (SSSR count). The average molecular weight is 637 g/mol. The van der Waals surface area contributed by atoms with Crippen molar-refractivity contribution in [3.8, 4) is 34.1 Å². The Balaban J connectivity index is 1.16. The quantitative estimate of drug-likeness (QED) is 0.144. The minimum Gasteiger partial charge on any atom is -0.492 e. The first kappa shape index (κ1) is 31.4. The molecule has 0 spiro atoms. The van der Waals surface area contributed by atoms with E-state index in [1.807, 2.05) is 0 Å². The van der Waals surface area contributed by atoms with Crippen molar-refractivity contribution < 1.29 is 73.3 Å². The molecule has 16 heteroatoms. The van der Waals surface area contributed by atoms with Gasteiger partial charge in [-0.15, -0.1) is 0 Å². The Morgan fingerprint density at radius 1 is 0.844 bits per heavy atom. The molecule has 0 unspecified atom stereocenters. The van der Waals surface area contributed by atoms with Crippen LogP contribution in [0.15, 0.2) is 45.8 Å². The number of hydrogen-bond acceptors (Lipinski definition) is 16. The molecule has 3 aliphatic rings. The van der Waals surface area contributed by atoms with Gasteiger partial charge in [0.15, 0.2) is 17.8 Å². The van der Waals surface area contributed by atoms with Gasteiger partial charge in [-0.25, -0.2) is 0 Å². The Hall–Kier alpha value is -3.55. The van der Waals surface area contributed by atoms with E-state index < -0.39 is 74.6 Å². The van der Waals surface area contributed by atoms with Crippen LogP contribution in [0.5, 0.6) is 23.0 Å². The molecule has 0 saturated carbocycles. The van der Waals surface area contributed by atoms with Crippen molar-refractivity contribution in [3.05, 3.63) is 46.8 Å². The van der Waals surface area contributed by atoms with Crippen molar-refractivity contribution in [2.75, 3.05) is 27.1 Å². The molecular formula is C29H32O16. The molecular weight excluding hydrogens is 604 g/mol. The summed E-state index contributed by atoms with van der Waals surface area (Å²) in [6, 6.07) is 7.65. The van der Waals surface area contributed by atoms with Crippen molar-refractivity contribution in [3.63, 3.8) is 0 Å². The topological polar surface area (TPSA) is 236 Å². The van der Waals surface area contributed by atoms with Crippen molar-refractivity contribution >= 4 is 11.0 Å². The summed E-state index contributed by atoms with van der Waals surface area (Å²) in [5.41, 5.74) is 0.540. The maximum absolute atomic E-state index is 13.5. The van der Waals surface area contributed by atoms with E-state index in [-0.39, 0.29) is 40.3 Å². The Labute approximate surface area is 254 Å². The molecule has 3 aliphatic heterocycles. The van der Waals surface area contributed by atoms with Crippen molar-refractivity contribution in [2.45, 2.75) is 61.4 Å². The normalized spacial score (nSPS) is 32.9. The second-order valence-electron chi connectivity index (χ2n) is 10.7. The monoisotopic (exact) mass is 636 g/mol. The first-order chi connectivity index (χ1) is 21.6. The average Bonchev–Trinajstić information content (AvgIpc) is 3.52. The van der Waals surface area contributed by atoms with E-state index in [0.29, 0.717) is 17.1 Å². The van der Waals surface area contributed by atoms with Crippen LogP contribution in [0.2, 0.25) is 0 Å². The zero-order chi connectivity index (χ0) is 32.0. The summed E-state index contributed by atoms with van der Waals surface area (Å²) in [7, 11) is 1.40. The van der Waals surface area contributed by atoms with E-state index in [0.717, 1.165) is 0 Å². The summed E-state index contributed by atoms with van der Waals surface area (Å²) in [5.74, 6) is 1.05. The lowest BCUT2D eigenvalue weighted by Gasteiger charge is -2.42. The van der Waals surface area contributed by atoms with Gasteiger partial charge in [0.2, 0.25) is 24.3 Å². The van der Waals surface area contributed by atoms with Gasteiger partial charge < -0.3 is 73.3 Å². The van der Waals surface area contributed by atoms with E-state index in [4.69, 9.17) is 37.6 Å². The third-order valence-electron chi connectivity index (χ3n) is 7.92. The largest absolute Gasteiger partial charge is 0.492 e. The predicted molar refractivity (Wildman–Crippen MR) is 148 cm³/mol. The molecule has 244 valence electrons. The molecule has 0 aliphatic carbocycles. The lowest BCUT2D eigenvalue weighted by molar-refractivity contribution is -0.323. The third-order valence-corrected chi connectivity index (χ3v) is 7.92. The van der Waals surface area contributed by atoms with E-state index in [2.05, 4.69) is 0 Å². The number of benzene rings is 2. The van der Waals surface area contributed by atoms with Crippen LogP contribution in [0.1, 0.15) is 0 Å². The van der Waals surface area contributed by atoms with Gasteiger partial charge in [-0.05, 0) is 17.7 Å².